The van der Waals surface area contributed by atoms with E-state index >= 15 is 0 Å². The molecule has 196 valence electrons. The molecule has 2 amide bonds. The molecule has 38 heavy (non-hydrogen) atoms. The third-order valence-electron chi connectivity index (χ3n) is 6.50. The summed E-state index contributed by atoms with van der Waals surface area (Å²) < 4.78 is 0. The Kier molecular flexibility index (Phi) is 6.56. The predicted molar refractivity (Wildman–Crippen MR) is 143 cm³/mol. The van der Waals surface area contributed by atoms with Gasteiger partial charge in [0.05, 0.1) is 34.0 Å². The maximum Gasteiger partial charge on any atom is 0.261 e. The molecule has 0 saturated carbocycles. The second-order valence-electron chi connectivity index (χ2n) is 10.1. The maximum atomic E-state index is 13.0. The van der Waals surface area contributed by atoms with E-state index in [9.17, 15) is 24.6 Å². The Labute approximate surface area is 222 Å². The van der Waals surface area contributed by atoms with Crippen LogP contribution in [0.3, 0.4) is 0 Å². The number of halogens is 1. The highest BCUT2D eigenvalue weighted by atomic mass is 35.5. The van der Waals surface area contributed by atoms with Gasteiger partial charge < -0.3 is 25.5 Å². The molecule has 1 aliphatic rings. The first-order valence-corrected chi connectivity index (χ1v) is 12.4. The zero-order valence-electron chi connectivity index (χ0n) is 20.7. The Balaban J connectivity index is 1.45. The van der Waals surface area contributed by atoms with Crippen molar-refractivity contribution >= 4 is 40.1 Å². The molecule has 0 radical (unpaired) electrons. The summed E-state index contributed by atoms with van der Waals surface area (Å²) in [5.41, 5.74) is 1.57. The molecular formula is C27H26ClN5O5. The minimum absolute atomic E-state index is 0.0813. The molecule has 0 aliphatic carbocycles. The van der Waals surface area contributed by atoms with Crippen LogP contribution in [0.2, 0.25) is 5.02 Å². The van der Waals surface area contributed by atoms with E-state index in [1.54, 1.807) is 50.2 Å². The summed E-state index contributed by atoms with van der Waals surface area (Å²) in [6, 6.07) is 11.6. The van der Waals surface area contributed by atoms with Crippen molar-refractivity contribution in [1.29, 1.82) is 0 Å². The number of fused-ring (bicyclic) bond motifs is 2. The standard InChI is InChI=1S/C27H26ClN5O5/c1-27(2,13-34)12-33-25(37)16-9-19-20(10-17(16)26(33)38)32-23(31-19)22-18(6-7-29-24(22)36)30-11-21(35)14-4-3-5-15(28)8-14/h3-10,21,34-35H,11-13H2,1-2H3,(H,31,32)(H2,29,30,36)/t21-/m1/s1. The van der Waals surface area contributed by atoms with Crippen molar-refractivity contribution in [3.8, 4) is 11.4 Å². The van der Waals surface area contributed by atoms with Crippen LogP contribution in [0.15, 0.2) is 53.5 Å². The summed E-state index contributed by atoms with van der Waals surface area (Å²) >= 11 is 6.02. The van der Waals surface area contributed by atoms with E-state index in [-0.39, 0.29) is 42.2 Å². The number of nitrogens with one attached hydrogen (secondary N) is 3. The van der Waals surface area contributed by atoms with Crippen molar-refractivity contribution < 1.29 is 19.8 Å². The van der Waals surface area contributed by atoms with Crippen molar-refractivity contribution in [3.05, 3.63) is 80.7 Å². The molecular weight excluding hydrogens is 510 g/mol. The van der Waals surface area contributed by atoms with Gasteiger partial charge in [0.2, 0.25) is 0 Å². The summed E-state index contributed by atoms with van der Waals surface area (Å²) in [5, 5.41) is 23.8. The number of benzene rings is 2. The summed E-state index contributed by atoms with van der Waals surface area (Å²) in [7, 11) is 0. The average molecular weight is 536 g/mol. The van der Waals surface area contributed by atoms with Gasteiger partial charge in [-0.3, -0.25) is 19.3 Å². The van der Waals surface area contributed by atoms with Crippen molar-refractivity contribution in [2.24, 2.45) is 5.41 Å². The molecule has 1 atom stereocenters. The van der Waals surface area contributed by atoms with Gasteiger partial charge in [0.1, 0.15) is 11.4 Å². The second kappa shape index (κ2) is 9.71. The zero-order valence-corrected chi connectivity index (χ0v) is 21.5. The van der Waals surface area contributed by atoms with Crippen LogP contribution in [0.4, 0.5) is 5.69 Å². The fourth-order valence-electron chi connectivity index (χ4n) is 4.43. The number of hydrogen-bond donors (Lipinski definition) is 5. The fraction of sp³-hybridized carbons (Fsp3) is 0.259. The number of anilines is 1. The number of imidazole rings is 1. The number of amides is 2. The van der Waals surface area contributed by atoms with Gasteiger partial charge in [-0.15, -0.1) is 0 Å². The molecule has 5 N–H and O–H groups in total. The Bertz CT molecular complexity index is 1570. The molecule has 5 rings (SSSR count). The van der Waals surface area contributed by atoms with Crippen LogP contribution in [-0.2, 0) is 0 Å². The van der Waals surface area contributed by atoms with Crippen LogP contribution in [-0.4, -0.2) is 61.6 Å². The van der Waals surface area contributed by atoms with Gasteiger partial charge in [-0.05, 0) is 35.9 Å². The highest BCUT2D eigenvalue weighted by molar-refractivity contribution is 6.30. The Morgan fingerprint density at radius 2 is 1.84 bits per heavy atom. The number of aliphatic hydroxyl groups excluding tert-OH is 2. The smallest absolute Gasteiger partial charge is 0.261 e. The monoisotopic (exact) mass is 535 g/mol. The summed E-state index contributed by atoms with van der Waals surface area (Å²) in [6.07, 6.45) is 0.604. The number of carbonyl (C=O) groups excluding carboxylic acids is 2. The van der Waals surface area contributed by atoms with Crippen LogP contribution in [0, 0.1) is 5.41 Å². The zero-order chi connectivity index (χ0) is 27.2. The van der Waals surface area contributed by atoms with Crippen molar-refractivity contribution in [1.82, 2.24) is 19.9 Å². The fourth-order valence-corrected chi connectivity index (χ4v) is 4.63. The lowest BCUT2D eigenvalue weighted by atomic mass is 9.94. The van der Waals surface area contributed by atoms with E-state index in [4.69, 9.17) is 11.6 Å². The normalized spacial score (nSPS) is 14.3. The quantitative estimate of drug-likeness (QED) is 0.217. The van der Waals surface area contributed by atoms with Crippen LogP contribution in [0.5, 0.6) is 0 Å². The topological polar surface area (TPSA) is 151 Å². The Hall–Kier alpha value is -3.99. The molecule has 10 nitrogen and oxygen atoms in total. The molecule has 2 aromatic carbocycles. The first-order valence-electron chi connectivity index (χ1n) is 12.0. The molecule has 0 fully saturated rings. The van der Waals surface area contributed by atoms with Crippen molar-refractivity contribution in [3.63, 3.8) is 0 Å². The molecule has 4 aromatic rings. The molecule has 0 saturated heterocycles. The van der Waals surface area contributed by atoms with Gasteiger partial charge in [-0.25, -0.2) is 4.98 Å². The average Bonchev–Trinajstić information content (AvgIpc) is 3.40. The molecule has 0 unspecified atom stereocenters. The molecule has 1 aliphatic heterocycles. The lowest BCUT2D eigenvalue weighted by Gasteiger charge is -2.26. The Morgan fingerprint density at radius 1 is 1.11 bits per heavy atom. The Morgan fingerprint density at radius 3 is 2.55 bits per heavy atom. The number of aromatic amines is 2. The van der Waals surface area contributed by atoms with E-state index in [0.717, 1.165) is 4.90 Å². The highest BCUT2D eigenvalue weighted by Crippen LogP contribution is 2.32. The predicted octanol–water partition coefficient (Wildman–Crippen LogP) is 3.33. The van der Waals surface area contributed by atoms with Gasteiger partial charge in [0.15, 0.2) is 0 Å². The SMILES string of the molecule is CC(C)(CO)CN1C(=O)c2cc3nc(-c4c(NC[C@@H](O)c5cccc(Cl)c5)cc[nH]c4=O)[nH]c3cc2C1=O. The number of pyridine rings is 1. The van der Waals surface area contributed by atoms with E-state index in [2.05, 4.69) is 20.3 Å². The minimum Gasteiger partial charge on any atom is -0.396 e. The molecule has 11 heteroatoms. The van der Waals surface area contributed by atoms with Gasteiger partial charge >= 0.3 is 0 Å². The molecule has 2 aromatic heterocycles. The number of H-pyrrole nitrogens is 2. The van der Waals surface area contributed by atoms with Crippen molar-refractivity contribution in [2.75, 3.05) is 25.0 Å². The number of rotatable bonds is 8. The number of aromatic nitrogens is 3. The van der Waals surface area contributed by atoms with Crippen LogP contribution in [0.25, 0.3) is 22.4 Å². The first-order chi connectivity index (χ1) is 18.1. The third kappa shape index (κ3) is 4.69. The second-order valence-corrected chi connectivity index (χ2v) is 10.5. The number of carbonyl (C=O) groups is 2. The first kappa shape index (κ1) is 25.7. The molecule has 3 heterocycles. The van der Waals surface area contributed by atoms with Crippen molar-refractivity contribution in [2.45, 2.75) is 20.0 Å². The number of imide groups is 1. The number of hydrogen-bond acceptors (Lipinski definition) is 7. The molecule has 0 spiro atoms. The lowest BCUT2D eigenvalue weighted by molar-refractivity contribution is 0.0529. The van der Waals surface area contributed by atoms with Gasteiger partial charge in [-0.2, -0.15) is 0 Å². The summed E-state index contributed by atoms with van der Waals surface area (Å²) in [6.45, 7) is 3.55. The number of aliphatic hydroxyl groups is 2. The maximum absolute atomic E-state index is 13.0. The summed E-state index contributed by atoms with van der Waals surface area (Å²) in [5.74, 6) is -0.657. The number of nitrogens with zero attached hydrogens (tertiary/aromatic N) is 2. The third-order valence-corrected chi connectivity index (χ3v) is 6.74. The van der Waals surface area contributed by atoms with Gasteiger partial charge in [-0.1, -0.05) is 37.6 Å². The lowest BCUT2D eigenvalue weighted by Crippen LogP contribution is -2.39. The molecule has 0 bridgehead atoms. The van der Waals surface area contributed by atoms with Crippen LogP contribution < -0.4 is 10.9 Å². The van der Waals surface area contributed by atoms with Crippen LogP contribution in [0.1, 0.15) is 46.2 Å². The summed E-state index contributed by atoms with van der Waals surface area (Å²) in [4.78, 5) is 50.2. The largest absolute Gasteiger partial charge is 0.396 e. The van der Waals surface area contributed by atoms with E-state index in [1.165, 1.54) is 12.3 Å². The van der Waals surface area contributed by atoms with Gasteiger partial charge in [0, 0.05) is 36.3 Å². The van der Waals surface area contributed by atoms with E-state index in [1.807, 2.05) is 0 Å². The highest BCUT2D eigenvalue weighted by Gasteiger charge is 2.39. The van der Waals surface area contributed by atoms with E-state index < -0.39 is 28.9 Å². The van der Waals surface area contributed by atoms with Gasteiger partial charge in [0.25, 0.3) is 17.4 Å². The minimum atomic E-state index is -0.879. The van der Waals surface area contributed by atoms with E-state index in [0.29, 0.717) is 27.3 Å². The van der Waals surface area contributed by atoms with Crippen LogP contribution >= 0.6 is 11.6 Å².